The van der Waals surface area contributed by atoms with Crippen molar-refractivity contribution in [2.24, 2.45) is 0 Å². The van der Waals surface area contributed by atoms with E-state index in [2.05, 4.69) is 4.98 Å². The quantitative estimate of drug-likeness (QED) is 0.862. The Kier molecular flexibility index (Phi) is 4.87. The van der Waals surface area contributed by atoms with Crippen LogP contribution in [0.2, 0.25) is 0 Å². The second-order valence-electron chi connectivity index (χ2n) is 6.66. The molecule has 0 atom stereocenters. The van der Waals surface area contributed by atoms with Crippen LogP contribution in [-0.4, -0.2) is 36.3 Å². The summed E-state index contributed by atoms with van der Waals surface area (Å²) in [5, 5.41) is 0.721. The first kappa shape index (κ1) is 17.8. The van der Waals surface area contributed by atoms with E-state index in [1.165, 1.54) is 4.90 Å². The lowest BCUT2D eigenvalue weighted by Crippen LogP contribution is -2.35. The van der Waals surface area contributed by atoms with Gasteiger partial charge in [0.15, 0.2) is 0 Å². The molecule has 130 valence electrons. The van der Waals surface area contributed by atoms with E-state index < -0.39 is 17.7 Å². The summed E-state index contributed by atoms with van der Waals surface area (Å²) in [5.74, 6) is -0.108. The fourth-order valence-corrected chi connectivity index (χ4v) is 2.37. The molecule has 1 aromatic carbocycles. The van der Waals surface area contributed by atoms with Gasteiger partial charge in [0.2, 0.25) is 0 Å². The molecule has 1 N–H and O–H groups in total. The van der Waals surface area contributed by atoms with Crippen LogP contribution in [-0.2, 0) is 9.47 Å². The first-order valence-corrected chi connectivity index (χ1v) is 7.90. The Morgan fingerprint density at radius 1 is 1.25 bits per heavy atom. The summed E-state index contributed by atoms with van der Waals surface area (Å²) >= 11 is 0. The molecular formula is C18H24N2O4. The normalized spacial score (nSPS) is 11.4. The number of benzene rings is 1. The van der Waals surface area contributed by atoms with E-state index in [0.717, 1.165) is 16.5 Å². The first-order chi connectivity index (χ1) is 11.1. The summed E-state index contributed by atoms with van der Waals surface area (Å²) < 4.78 is 10.6. The van der Waals surface area contributed by atoms with Crippen LogP contribution in [0.3, 0.4) is 0 Å². The van der Waals surface area contributed by atoms with Crippen LogP contribution in [0.25, 0.3) is 10.9 Å². The number of rotatable bonds is 3. The van der Waals surface area contributed by atoms with E-state index in [0.29, 0.717) is 11.4 Å². The molecule has 6 heteroatoms. The van der Waals surface area contributed by atoms with Crippen LogP contribution in [0.5, 0.6) is 0 Å². The molecule has 0 unspecified atom stereocenters. The summed E-state index contributed by atoms with van der Waals surface area (Å²) in [4.78, 5) is 29.2. The highest BCUT2D eigenvalue weighted by atomic mass is 16.6. The maximum absolute atomic E-state index is 12.4. The number of aromatic amines is 1. The highest BCUT2D eigenvalue weighted by molar-refractivity contribution is 6.11. The molecule has 2 aromatic rings. The number of nitrogens with one attached hydrogen (secondary N) is 1. The Bertz CT molecular complexity index is 771. The van der Waals surface area contributed by atoms with Gasteiger partial charge in [-0.05, 0) is 46.8 Å². The predicted molar refractivity (Wildman–Crippen MR) is 93.6 cm³/mol. The molecule has 0 bridgehead atoms. The van der Waals surface area contributed by atoms with Gasteiger partial charge in [-0.3, -0.25) is 4.90 Å². The van der Waals surface area contributed by atoms with Gasteiger partial charge < -0.3 is 14.5 Å². The molecule has 0 aliphatic carbocycles. The van der Waals surface area contributed by atoms with Gasteiger partial charge in [-0.25, -0.2) is 9.59 Å². The number of anilines is 1. The lowest BCUT2D eigenvalue weighted by atomic mass is 10.1. The Morgan fingerprint density at radius 2 is 1.92 bits per heavy atom. The van der Waals surface area contributed by atoms with Crippen molar-refractivity contribution >= 4 is 28.8 Å². The maximum Gasteiger partial charge on any atom is 0.415 e. The highest BCUT2D eigenvalue weighted by Crippen LogP contribution is 2.31. The van der Waals surface area contributed by atoms with E-state index in [1.54, 1.807) is 34.7 Å². The van der Waals surface area contributed by atoms with Crippen molar-refractivity contribution in [1.82, 2.24) is 4.98 Å². The van der Waals surface area contributed by atoms with Crippen LogP contribution >= 0.6 is 0 Å². The van der Waals surface area contributed by atoms with Crippen LogP contribution in [0, 0.1) is 6.92 Å². The molecule has 0 spiro atoms. The minimum absolute atomic E-state index is 0.257. The summed E-state index contributed by atoms with van der Waals surface area (Å²) in [6.45, 7) is 9.32. The average Bonchev–Trinajstić information content (AvgIpc) is 2.83. The smallest absolute Gasteiger partial charge is 0.415 e. The Hall–Kier alpha value is -2.50. The van der Waals surface area contributed by atoms with Gasteiger partial charge in [-0.2, -0.15) is 0 Å². The van der Waals surface area contributed by atoms with E-state index in [9.17, 15) is 9.59 Å². The Morgan fingerprint density at radius 3 is 2.50 bits per heavy atom. The summed E-state index contributed by atoms with van der Waals surface area (Å²) in [6.07, 6.45) is -0.545. The monoisotopic (exact) mass is 332 g/mol. The van der Waals surface area contributed by atoms with E-state index in [1.807, 2.05) is 25.1 Å². The first-order valence-electron chi connectivity index (χ1n) is 7.90. The third-order valence-corrected chi connectivity index (χ3v) is 3.42. The van der Waals surface area contributed by atoms with Crippen molar-refractivity contribution in [3.05, 3.63) is 29.3 Å². The van der Waals surface area contributed by atoms with Gasteiger partial charge in [0.05, 0.1) is 6.61 Å². The summed E-state index contributed by atoms with van der Waals surface area (Å²) in [5.41, 5.74) is 1.48. The Balaban J connectivity index is 2.54. The number of aromatic nitrogens is 1. The SMILES string of the molecule is CCOC(=O)c1c(N(C)C(=O)OC(C)(C)C)[nH]c2ccc(C)cc12. The second kappa shape index (κ2) is 6.55. The number of esters is 1. The zero-order valence-electron chi connectivity index (χ0n) is 15.0. The molecule has 0 radical (unpaired) electrons. The Labute approximate surface area is 141 Å². The largest absolute Gasteiger partial charge is 0.462 e. The standard InChI is InChI=1S/C18H24N2O4/c1-7-23-16(21)14-12-10-11(2)8-9-13(12)19-15(14)20(6)17(22)24-18(3,4)5/h8-10,19H,7H2,1-6H3. The zero-order valence-corrected chi connectivity index (χ0v) is 15.0. The molecule has 0 saturated carbocycles. The predicted octanol–water partition coefficient (Wildman–Crippen LogP) is 4.02. The number of hydrogen-bond donors (Lipinski definition) is 1. The number of carbonyl (C=O) groups excluding carboxylic acids is 2. The number of fused-ring (bicyclic) bond motifs is 1. The number of nitrogens with zero attached hydrogens (tertiary/aromatic N) is 1. The number of aryl methyl sites for hydroxylation is 1. The molecule has 1 amide bonds. The molecule has 0 aliphatic rings. The second-order valence-corrected chi connectivity index (χ2v) is 6.66. The third-order valence-electron chi connectivity index (χ3n) is 3.42. The number of carbonyl (C=O) groups is 2. The molecule has 24 heavy (non-hydrogen) atoms. The summed E-state index contributed by atoms with van der Waals surface area (Å²) in [6, 6.07) is 5.70. The van der Waals surface area contributed by atoms with E-state index in [4.69, 9.17) is 9.47 Å². The van der Waals surface area contributed by atoms with Crippen molar-refractivity contribution in [1.29, 1.82) is 0 Å². The molecule has 0 fully saturated rings. The minimum atomic E-state index is -0.627. The van der Waals surface area contributed by atoms with Gasteiger partial charge in [-0.15, -0.1) is 0 Å². The fourth-order valence-electron chi connectivity index (χ4n) is 2.37. The summed E-state index contributed by atoms with van der Waals surface area (Å²) in [7, 11) is 1.56. The van der Waals surface area contributed by atoms with Gasteiger partial charge in [0.1, 0.15) is 17.0 Å². The van der Waals surface area contributed by atoms with Gasteiger partial charge in [-0.1, -0.05) is 11.6 Å². The highest BCUT2D eigenvalue weighted by Gasteiger charge is 2.28. The van der Waals surface area contributed by atoms with Crippen LogP contribution in [0.4, 0.5) is 10.6 Å². The van der Waals surface area contributed by atoms with E-state index in [-0.39, 0.29) is 6.61 Å². The van der Waals surface area contributed by atoms with Gasteiger partial charge in [0, 0.05) is 18.0 Å². The lowest BCUT2D eigenvalue weighted by molar-refractivity contribution is 0.0529. The van der Waals surface area contributed by atoms with Crippen molar-refractivity contribution in [3.8, 4) is 0 Å². The van der Waals surface area contributed by atoms with Gasteiger partial charge >= 0.3 is 12.1 Å². The lowest BCUT2D eigenvalue weighted by Gasteiger charge is -2.24. The molecule has 1 aromatic heterocycles. The van der Waals surface area contributed by atoms with Crippen LogP contribution in [0.15, 0.2) is 18.2 Å². The van der Waals surface area contributed by atoms with Crippen molar-refractivity contribution in [2.45, 2.75) is 40.2 Å². The number of H-pyrrole nitrogens is 1. The van der Waals surface area contributed by atoms with Gasteiger partial charge in [0.25, 0.3) is 0 Å². The average molecular weight is 332 g/mol. The van der Waals surface area contributed by atoms with E-state index >= 15 is 0 Å². The fraction of sp³-hybridized carbons (Fsp3) is 0.444. The molecule has 1 heterocycles. The maximum atomic E-state index is 12.4. The third kappa shape index (κ3) is 3.69. The van der Waals surface area contributed by atoms with Crippen LogP contribution in [0.1, 0.15) is 43.6 Å². The van der Waals surface area contributed by atoms with Crippen molar-refractivity contribution < 1.29 is 19.1 Å². The molecule has 0 aliphatic heterocycles. The number of hydrogen-bond acceptors (Lipinski definition) is 4. The molecule has 2 rings (SSSR count). The topological polar surface area (TPSA) is 71.6 Å². The van der Waals surface area contributed by atoms with Crippen LogP contribution < -0.4 is 4.90 Å². The van der Waals surface area contributed by atoms with Crippen molar-refractivity contribution in [3.63, 3.8) is 0 Å². The molecular weight excluding hydrogens is 308 g/mol. The molecule has 6 nitrogen and oxygen atoms in total. The number of amides is 1. The molecule has 0 saturated heterocycles. The zero-order chi connectivity index (χ0) is 18.1. The minimum Gasteiger partial charge on any atom is -0.462 e. The van der Waals surface area contributed by atoms with Crippen molar-refractivity contribution in [2.75, 3.05) is 18.6 Å². The number of ether oxygens (including phenoxy) is 2.